The molecule has 1 saturated carbocycles. The van der Waals surface area contributed by atoms with Gasteiger partial charge in [0.25, 0.3) is 0 Å². The standard InChI is InChI=1S/C19H13FN4O2S/c20-12-5-2-1-4-11(12)15-10-16(22-26-15)19(8-9-19)18(25)21-13-6-3-7-14-17(13)24-27-23-14/h1-7,10H,8-9H2,(H,21,25). The Balaban J connectivity index is 1.45. The van der Waals surface area contributed by atoms with Crippen molar-refractivity contribution in [3.05, 3.63) is 60.0 Å². The van der Waals surface area contributed by atoms with E-state index >= 15 is 0 Å². The summed E-state index contributed by atoms with van der Waals surface area (Å²) in [4.78, 5) is 13.0. The molecular weight excluding hydrogens is 367 g/mol. The monoisotopic (exact) mass is 380 g/mol. The third kappa shape index (κ3) is 2.60. The first-order valence-electron chi connectivity index (χ1n) is 8.42. The fraction of sp³-hybridized carbons (Fsp3) is 0.158. The predicted octanol–water partition coefficient (Wildman–Crippen LogP) is 4.16. The Morgan fingerprint density at radius 1 is 1.15 bits per heavy atom. The summed E-state index contributed by atoms with van der Waals surface area (Å²) in [7, 11) is 0. The van der Waals surface area contributed by atoms with E-state index in [9.17, 15) is 9.18 Å². The molecule has 1 fully saturated rings. The molecule has 0 unspecified atom stereocenters. The van der Waals surface area contributed by atoms with Crippen molar-refractivity contribution in [3.63, 3.8) is 0 Å². The SMILES string of the molecule is O=C(Nc1cccc2nsnc12)C1(c2cc(-c3ccccc3F)on2)CC1. The third-order valence-corrected chi connectivity index (χ3v) is 5.40. The zero-order valence-corrected chi connectivity index (χ0v) is 14.8. The summed E-state index contributed by atoms with van der Waals surface area (Å²) in [6, 6.07) is 13.4. The smallest absolute Gasteiger partial charge is 0.236 e. The van der Waals surface area contributed by atoms with E-state index < -0.39 is 11.2 Å². The van der Waals surface area contributed by atoms with Gasteiger partial charge >= 0.3 is 0 Å². The maximum Gasteiger partial charge on any atom is 0.236 e. The normalized spacial score (nSPS) is 15.0. The molecule has 0 bridgehead atoms. The average molecular weight is 380 g/mol. The lowest BCUT2D eigenvalue weighted by atomic mass is 10.00. The van der Waals surface area contributed by atoms with Gasteiger partial charge in [-0.1, -0.05) is 23.4 Å². The fourth-order valence-corrected chi connectivity index (χ4v) is 3.71. The summed E-state index contributed by atoms with van der Waals surface area (Å²) in [6.07, 6.45) is 1.32. The number of carbonyl (C=O) groups excluding carboxylic acids is 1. The molecule has 0 saturated heterocycles. The van der Waals surface area contributed by atoms with Gasteiger partial charge in [0.1, 0.15) is 16.9 Å². The number of aromatic nitrogens is 3. The van der Waals surface area contributed by atoms with Gasteiger partial charge < -0.3 is 9.84 Å². The maximum absolute atomic E-state index is 14.0. The molecule has 1 aliphatic carbocycles. The lowest BCUT2D eigenvalue weighted by Gasteiger charge is -2.12. The molecule has 2 aromatic heterocycles. The van der Waals surface area contributed by atoms with E-state index in [1.165, 1.54) is 6.07 Å². The largest absolute Gasteiger partial charge is 0.356 e. The maximum atomic E-state index is 14.0. The molecule has 1 N–H and O–H groups in total. The number of hydrogen-bond donors (Lipinski definition) is 1. The Kier molecular flexibility index (Phi) is 3.54. The molecule has 1 aliphatic rings. The number of fused-ring (bicyclic) bond motifs is 1. The number of nitrogens with zero attached hydrogens (tertiary/aromatic N) is 3. The highest BCUT2D eigenvalue weighted by Crippen LogP contribution is 2.49. The van der Waals surface area contributed by atoms with E-state index in [4.69, 9.17) is 4.52 Å². The number of rotatable bonds is 4. The van der Waals surface area contributed by atoms with Crippen molar-refractivity contribution >= 4 is 34.4 Å². The molecule has 1 amide bonds. The molecule has 134 valence electrons. The van der Waals surface area contributed by atoms with Gasteiger partial charge in [0, 0.05) is 6.07 Å². The number of benzene rings is 2. The van der Waals surface area contributed by atoms with E-state index in [1.54, 1.807) is 30.3 Å². The summed E-state index contributed by atoms with van der Waals surface area (Å²) >= 11 is 1.10. The van der Waals surface area contributed by atoms with E-state index in [0.29, 0.717) is 41.1 Å². The minimum Gasteiger partial charge on any atom is -0.356 e. The van der Waals surface area contributed by atoms with Crippen LogP contribution in [-0.2, 0) is 10.2 Å². The van der Waals surface area contributed by atoms with E-state index in [0.717, 1.165) is 17.2 Å². The van der Waals surface area contributed by atoms with Gasteiger partial charge in [-0.2, -0.15) is 8.75 Å². The number of nitrogens with one attached hydrogen (secondary N) is 1. The van der Waals surface area contributed by atoms with Gasteiger partial charge in [-0.15, -0.1) is 0 Å². The van der Waals surface area contributed by atoms with E-state index in [1.807, 2.05) is 12.1 Å². The highest BCUT2D eigenvalue weighted by atomic mass is 32.1. The Morgan fingerprint density at radius 2 is 2.00 bits per heavy atom. The molecule has 0 radical (unpaired) electrons. The highest BCUT2D eigenvalue weighted by Gasteiger charge is 2.54. The highest BCUT2D eigenvalue weighted by molar-refractivity contribution is 7.00. The fourth-order valence-electron chi connectivity index (χ4n) is 3.16. The van der Waals surface area contributed by atoms with Gasteiger partial charge in [-0.3, -0.25) is 4.79 Å². The first kappa shape index (κ1) is 16.1. The Morgan fingerprint density at radius 3 is 2.81 bits per heavy atom. The molecule has 5 rings (SSSR count). The van der Waals surface area contributed by atoms with Crippen LogP contribution in [0.5, 0.6) is 0 Å². The molecule has 2 heterocycles. The van der Waals surface area contributed by atoms with Crippen LogP contribution in [0, 0.1) is 5.82 Å². The van der Waals surface area contributed by atoms with Crippen LogP contribution in [0.2, 0.25) is 0 Å². The third-order valence-electron chi connectivity index (χ3n) is 4.86. The Hall–Kier alpha value is -3.13. The lowest BCUT2D eigenvalue weighted by Crippen LogP contribution is -2.28. The van der Waals surface area contributed by atoms with Crippen molar-refractivity contribution in [2.24, 2.45) is 0 Å². The molecular formula is C19H13FN4O2S. The van der Waals surface area contributed by atoms with Crippen molar-refractivity contribution in [2.45, 2.75) is 18.3 Å². The van der Waals surface area contributed by atoms with Gasteiger partial charge in [0.05, 0.1) is 34.1 Å². The minimum atomic E-state index is -0.751. The van der Waals surface area contributed by atoms with Crippen LogP contribution in [0.1, 0.15) is 18.5 Å². The van der Waals surface area contributed by atoms with Crippen molar-refractivity contribution in [1.29, 1.82) is 0 Å². The summed E-state index contributed by atoms with van der Waals surface area (Å²) in [5.41, 5.74) is 2.12. The van der Waals surface area contributed by atoms with Gasteiger partial charge in [-0.05, 0) is 37.1 Å². The summed E-state index contributed by atoms with van der Waals surface area (Å²) < 4.78 is 27.7. The summed E-state index contributed by atoms with van der Waals surface area (Å²) in [5.74, 6) is -0.249. The Labute approximate surface area is 157 Å². The quantitative estimate of drug-likeness (QED) is 0.575. The second kappa shape index (κ2) is 5.95. The van der Waals surface area contributed by atoms with Crippen molar-refractivity contribution < 1.29 is 13.7 Å². The predicted molar refractivity (Wildman–Crippen MR) is 98.9 cm³/mol. The molecule has 27 heavy (non-hydrogen) atoms. The number of hydrogen-bond acceptors (Lipinski definition) is 6. The topological polar surface area (TPSA) is 80.9 Å². The zero-order valence-electron chi connectivity index (χ0n) is 14.0. The second-order valence-corrected chi connectivity index (χ2v) is 7.06. The zero-order chi connectivity index (χ0) is 18.4. The minimum absolute atomic E-state index is 0.170. The molecule has 8 heteroatoms. The van der Waals surface area contributed by atoms with Crippen molar-refractivity contribution in [2.75, 3.05) is 5.32 Å². The van der Waals surface area contributed by atoms with Gasteiger partial charge in [-0.25, -0.2) is 4.39 Å². The van der Waals surface area contributed by atoms with E-state index in [2.05, 4.69) is 19.2 Å². The number of halogens is 1. The first-order chi connectivity index (χ1) is 13.2. The average Bonchev–Trinajstić information content (AvgIpc) is 3.11. The number of amides is 1. The van der Waals surface area contributed by atoms with Crippen LogP contribution in [0.25, 0.3) is 22.4 Å². The van der Waals surface area contributed by atoms with Crippen LogP contribution in [0.3, 0.4) is 0 Å². The van der Waals surface area contributed by atoms with Crippen molar-refractivity contribution in [3.8, 4) is 11.3 Å². The molecule has 2 aromatic carbocycles. The van der Waals surface area contributed by atoms with Crippen molar-refractivity contribution in [1.82, 2.24) is 13.9 Å². The van der Waals surface area contributed by atoms with E-state index in [-0.39, 0.29) is 5.91 Å². The molecule has 0 aliphatic heterocycles. The van der Waals surface area contributed by atoms with Crippen LogP contribution in [0.15, 0.2) is 53.1 Å². The van der Waals surface area contributed by atoms with Crippen LogP contribution in [0.4, 0.5) is 10.1 Å². The van der Waals surface area contributed by atoms with Gasteiger partial charge in [0.2, 0.25) is 5.91 Å². The Bertz CT molecular complexity index is 1170. The summed E-state index contributed by atoms with van der Waals surface area (Å²) in [6.45, 7) is 0. The molecule has 0 atom stereocenters. The lowest BCUT2D eigenvalue weighted by molar-refractivity contribution is -0.118. The molecule has 0 spiro atoms. The second-order valence-electron chi connectivity index (χ2n) is 6.53. The number of anilines is 1. The summed E-state index contributed by atoms with van der Waals surface area (Å²) in [5, 5.41) is 7.00. The molecule has 6 nitrogen and oxygen atoms in total. The van der Waals surface area contributed by atoms with Crippen LogP contribution < -0.4 is 5.32 Å². The first-order valence-corrected chi connectivity index (χ1v) is 9.15. The van der Waals surface area contributed by atoms with Crippen LogP contribution in [-0.4, -0.2) is 19.8 Å². The number of carbonyl (C=O) groups is 1. The molecule has 4 aromatic rings. The van der Waals surface area contributed by atoms with Crippen LogP contribution >= 0.6 is 11.7 Å². The van der Waals surface area contributed by atoms with Gasteiger partial charge in [0.15, 0.2) is 5.76 Å².